The van der Waals surface area contributed by atoms with Gasteiger partial charge >= 0.3 is 6.03 Å². The van der Waals surface area contributed by atoms with Crippen LogP contribution in [0, 0.1) is 5.92 Å². The van der Waals surface area contributed by atoms with Crippen LogP contribution in [0.4, 0.5) is 27.5 Å². The standard InChI is InChI=1S/C31H25N7O12S4/c1-38-23-9-8-20(28-27(23)19(14-26(38)39)17-4-2-3-5-18(17)29(28)40)33-21-12-15(6-10-24(21)53(45,46)47)32-30-34-31(41)37-51(36-30)35-22-13-16(52(42,43)44)7-11-25(22)54(48,49)50/h2-4,6-14,18,33H,5H2,1H3,(H,42,43,44)(H,45,46,47)(H,48,49,50)(H3,32,34,35,36,37,41). The van der Waals surface area contributed by atoms with Crippen LogP contribution in [0.2, 0.25) is 0 Å². The molecule has 23 heteroatoms. The Balaban J connectivity index is 1.27. The minimum atomic E-state index is -4.96. The lowest BCUT2D eigenvalue weighted by Crippen LogP contribution is -2.38. The molecule has 0 bridgehead atoms. The zero-order valence-electron chi connectivity index (χ0n) is 27.2. The lowest BCUT2D eigenvalue weighted by molar-refractivity contribution is 0.0951. The first-order valence-corrected chi connectivity index (χ1v) is 20.7. The Morgan fingerprint density at radius 2 is 1.54 bits per heavy atom. The lowest BCUT2D eigenvalue weighted by atomic mass is 9.74. The second-order valence-corrected chi connectivity index (χ2v) is 17.2. The normalized spacial score (nSPS) is 18.2. The molecule has 2 aliphatic carbocycles. The van der Waals surface area contributed by atoms with Gasteiger partial charge in [0, 0.05) is 24.2 Å². The van der Waals surface area contributed by atoms with E-state index >= 15 is 0 Å². The Hall–Kier alpha value is -5.56. The Labute approximate surface area is 308 Å². The first-order chi connectivity index (χ1) is 25.3. The van der Waals surface area contributed by atoms with E-state index in [0.717, 1.165) is 12.1 Å². The number of carbonyl (C=O) groups excluding carboxylic acids is 2. The summed E-state index contributed by atoms with van der Waals surface area (Å²) >= 11 is -1.98. The monoisotopic (exact) mass is 815 g/mol. The fourth-order valence-electron chi connectivity index (χ4n) is 6.19. The number of ketones is 1. The molecular weight excluding hydrogens is 791 g/mol. The summed E-state index contributed by atoms with van der Waals surface area (Å²) in [6.07, 6.45) is 5.77. The van der Waals surface area contributed by atoms with E-state index in [-0.39, 0.29) is 39.9 Å². The Kier molecular flexibility index (Phi) is 8.91. The molecule has 54 heavy (non-hydrogen) atoms. The molecule has 7 N–H and O–H groups in total. The van der Waals surface area contributed by atoms with Gasteiger partial charge in [0.1, 0.15) is 20.9 Å². The highest BCUT2D eigenvalue weighted by Crippen LogP contribution is 2.45. The maximum Gasteiger partial charge on any atom is 0.356 e. The zero-order valence-corrected chi connectivity index (χ0v) is 30.5. The summed E-state index contributed by atoms with van der Waals surface area (Å²) < 4.78 is 113. The highest BCUT2D eigenvalue weighted by atomic mass is 32.2. The molecule has 280 valence electrons. The molecule has 4 aromatic rings. The van der Waals surface area contributed by atoms with Crippen LogP contribution < -0.4 is 26.2 Å². The molecule has 3 aliphatic rings. The smallest absolute Gasteiger partial charge is 0.354 e. The van der Waals surface area contributed by atoms with Crippen molar-refractivity contribution in [1.29, 1.82) is 0 Å². The molecule has 2 atom stereocenters. The maximum atomic E-state index is 14.1. The van der Waals surface area contributed by atoms with Crippen molar-refractivity contribution < 1.29 is 48.5 Å². The number of hydrogen-bond acceptors (Lipinski definition) is 13. The van der Waals surface area contributed by atoms with E-state index < -0.39 is 73.7 Å². The summed E-state index contributed by atoms with van der Waals surface area (Å²) in [6.45, 7) is 0. The molecule has 1 aliphatic heterocycles. The number of guanidine groups is 1. The molecule has 19 nitrogen and oxygen atoms in total. The van der Waals surface area contributed by atoms with Crippen LogP contribution in [-0.2, 0) is 48.5 Å². The summed E-state index contributed by atoms with van der Waals surface area (Å²) in [7, 11) is -13.1. The van der Waals surface area contributed by atoms with E-state index in [2.05, 4.69) is 29.4 Å². The summed E-state index contributed by atoms with van der Waals surface area (Å²) in [5.74, 6) is -1.21. The molecule has 0 radical (unpaired) electrons. The second kappa shape index (κ2) is 13.1. The zero-order chi connectivity index (χ0) is 38.9. The average molecular weight is 816 g/mol. The molecule has 0 saturated carbocycles. The number of fused-ring (bicyclic) bond motifs is 2. The van der Waals surface area contributed by atoms with Crippen molar-refractivity contribution >= 4 is 98.4 Å². The molecule has 7 rings (SSSR count). The van der Waals surface area contributed by atoms with E-state index in [1.54, 1.807) is 25.3 Å². The summed E-state index contributed by atoms with van der Waals surface area (Å²) in [4.78, 5) is 37.3. The number of hydrogen-bond donors (Lipinski definition) is 7. The van der Waals surface area contributed by atoms with Gasteiger partial charge in [0.15, 0.2) is 5.78 Å². The van der Waals surface area contributed by atoms with Gasteiger partial charge in [0.05, 0.1) is 39.0 Å². The van der Waals surface area contributed by atoms with Crippen LogP contribution in [0.3, 0.4) is 0 Å². The third kappa shape index (κ3) is 6.84. The number of nitrogens with zero attached hydrogens (tertiary/aromatic N) is 3. The average Bonchev–Trinajstić information content (AvgIpc) is 3.07. The first-order valence-electron chi connectivity index (χ1n) is 15.2. The molecular formula is C31H25N7O12S4. The van der Waals surface area contributed by atoms with Crippen molar-refractivity contribution in [3.8, 4) is 0 Å². The molecule has 0 spiro atoms. The number of carbonyl (C=O) groups is 2. The van der Waals surface area contributed by atoms with Crippen LogP contribution in [0.25, 0.3) is 16.5 Å². The van der Waals surface area contributed by atoms with Gasteiger partial charge in [-0.3, -0.25) is 28.6 Å². The number of aryl methyl sites for hydroxylation is 1. The molecule has 1 aromatic heterocycles. The number of urea groups is 1. The van der Waals surface area contributed by atoms with Crippen molar-refractivity contribution in [2.75, 3.05) is 15.4 Å². The quantitative estimate of drug-likeness (QED) is 0.125. The number of rotatable bonds is 8. The number of nitrogens with one attached hydrogen (secondary N) is 4. The van der Waals surface area contributed by atoms with Gasteiger partial charge in [-0.25, -0.2) is 4.79 Å². The number of Topliss-reactive ketones (excluding diaryl/α,β-unsaturated/α-hetero) is 1. The van der Waals surface area contributed by atoms with Gasteiger partial charge in [0.2, 0.25) is 5.96 Å². The van der Waals surface area contributed by atoms with Gasteiger partial charge in [-0.15, -0.1) is 4.36 Å². The fraction of sp³-hybridized carbons (Fsp3) is 0.0968. The summed E-state index contributed by atoms with van der Waals surface area (Å²) in [6, 6.07) is 9.09. The number of pyridine rings is 1. The Morgan fingerprint density at radius 1 is 0.833 bits per heavy atom. The van der Waals surface area contributed by atoms with E-state index in [0.29, 0.717) is 40.6 Å². The number of anilines is 4. The first kappa shape index (κ1) is 36.8. The van der Waals surface area contributed by atoms with Crippen molar-refractivity contribution in [2.24, 2.45) is 21.7 Å². The van der Waals surface area contributed by atoms with Crippen molar-refractivity contribution in [2.45, 2.75) is 21.1 Å². The van der Waals surface area contributed by atoms with Crippen LogP contribution >= 0.6 is 0 Å². The van der Waals surface area contributed by atoms with Gasteiger partial charge in [0.25, 0.3) is 35.9 Å². The van der Waals surface area contributed by atoms with E-state index in [9.17, 15) is 53.3 Å². The van der Waals surface area contributed by atoms with Crippen molar-refractivity contribution in [3.63, 3.8) is 0 Å². The fourth-order valence-corrected chi connectivity index (χ4v) is 8.98. The maximum absolute atomic E-state index is 14.1. The number of allylic oxidation sites excluding steroid dienone is 4. The van der Waals surface area contributed by atoms with Crippen LogP contribution in [0.15, 0.2) is 101 Å². The Morgan fingerprint density at radius 3 is 2.24 bits per heavy atom. The summed E-state index contributed by atoms with van der Waals surface area (Å²) in [5, 5.41) is 8.44. The third-order valence-corrected chi connectivity index (χ3v) is 12.3. The summed E-state index contributed by atoms with van der Waals surface area (Å²) in [5.41, 5.74) is 1.02. The Bertz CT molecular complexity index is 2920. The van der Waals surface area contributed by atoms with Gasteiger partial charge in [-0.05, 0) is 66.1 Å². The molecule has 3 aromatic carbocycles. The number of aromatic nitrogens is 1. The lowest BCUT2D eigenvalue weighted by Gasteiger charge is -2.30. The SMILES string of the molecule is Cn1c(=O)cc2c3c(c(Nc4cc(NC5=NS(Nc6cc(S(=O)(=O)O)ccc6S(=O)(=O)O)=NC(=O)N5)ccc4S(=O)(=O)O)ccc31)C(=O)C1CC=CC=C21. The number of benzene rings is 3. The van der Waals surface area contributed by atoms with Crippen LogP contribution in [-0.4, -0.2) is 61.3 Å². The highest BCUT2D eigenvalue weighted by Gasteiger charge is 2.36. The largest absolute Gasteiger partial charge is 0.356 e. The predicted octanol–water partition coefficient (Wildman–Crippen LogP) is 3.41. The van der Waals surface area contributed by atoms with Crippen LogP contribution in [0.5, 0.6) is 0 Å². The number of amides is 2. The second-order valence-electron chi connectivity index (χ2n) is 11.9. The van der Waals surface area contributed by atoms with Crippen molar-refractivity contribution in [1.82, 2.24) is 9.88 Å². The van der Waals surface area contributed by atoms with Gasteiger partial charge in [-0.1, -0.05) is 18.2 Å². The molecule has 0 saturated heterocycles. The third-order valence-electron chi connectivity index (χ3n) is 8.54. The molecule has 2 unspecified atom stereocenters. The van der Waals surface area contributed by atoms with Gasteiger partial charge in [-0.2, -0.15) is 29.7 Å². The topological polar surface area (TPSA) is 292 Å². The molecule has 0 fully saturated rings. The van der Waals surface area contributed by atoms with E-state index in [1.807, 2.05) is 6.08 Å². The molecule has 2 heterocycles. The predicted molar refractivity (Wildman–Crippen MR) is 197 cm³/mol. The van der Waals surface area contributed by atoms with E-state index in [4.69, 9.17) is 0 Å². The highest BCUT2D eigenvalue weighted by molar-refractivity contribution is 7.88. The molecule has 2 amide bonds. The van der Waals surface area contributed by atoms with Gasteiger partial charge < -0.3 is 19.9 Å². The minimum Gasteiger partial charge on any atom is -0.354 e. The minimum absolute atomic E-state index is 0.0629. The van der Waals surface area contributed by atoms with Crippen molar-refractivity contribution in [3.05, 3.63) is 94.3 Å². The van der Waals surface area contributed by atoms with E-state index in [1.165, 1.54) is 28.8 Å². The van der Waals surface area contributed by atoms with Crippen LogP contribution in [0.1, 0.15) is 22.3 Å².